The number of anilines is 2. The van der Waals surface area contributed by atoms with E-state index in [0.29, 0.717) is 0 Å². The lowest BCUT2D eigenvalue weighted by Crippen LogP contribution is -2.29. The van der Waals surface area contributed by atoms with E-state index in [4.69, 9.17) is 10.5 Å². The molecule has 0 unspecified atom stereocenters. The Morgan fingerprint density at radius 1 is 1.33 bits per heavy atom. The van der Waals surface area contributed by atoms with Gasteiger partial charge in [-0.25, -0.2) is 0 Å². The fourth-order valence-corrected chi connectivity index (χ4v) is 2.33. The normalized spacial score (nSPS) is 15.6. The van der Waals surface area contributed by atoms with Crippen molar-refractivity contribution in [2.75, 3.05) is 24.2 Å². The molecule has 100 valence electrons. The summed E-state index contributed by atoms with van der Waals surface area (Å²) in [6.07, 6.45) is 4.29. The van der Waals surface area contributed by atoms with Crippen LogP contribution in [0.2, 0.25) is 0 Å². The van der Waals surface area contributed by atoms with E-state index in [1.807, 2.05) is 26.0 Å². The molecule has 0 spiro atoms. The molecule has 0 heterocycles. The average molecular weight is 248 g/mol. The summed E-state index contributed by atoms with van der Waals surface area (Å²) in [5.74, 6) is 1.71. The van der Waals surface area contributed by atoms with E-state index in [1.165, 1.54) is 19.3 Å². The van der Waals surface area contributed by atoms with E-state index in [-0.39, 0.29) is 6.10 Å². The molecule has 2 N–H and O–H groups in total. The minimum absolute atomic E-state index is 0.177. The van der Waals surface area contributed by atoms with Crippen molar-refractivity contribution < 1.29 is 4.74 Å². The molecule has 0 radical (unpaired) electrons. The molecule has 2 rings (SSSR count). The van der Waals surface area contributed by atoms with Crippen LogP contribution in [0, 0.1) is 5.92 Å². The second-order valence-corrected chi connectivity index (χ2v) is 5.60. The predicted molar refractivity (Wildman–Crippen MR) is 77.2 cm³/mol. The molecule has 1 aliphatic carbocycles. The monoisotopic (exact) mass is 248 g/mol. The first-order valence-electron chi connectivity index (χ1n) is 6.83. The van der Waals surface area contributed by atoms with Gasteiger partial charge in [0.05, 0.1) is 6.10 Å². The fourth-order valence-electron chi connectivity index (χ4n) is 2.33. The first-order chi connectivity index (χ1) is 8.54. The molecule has 0 saturated heterocycles. The van der Waals surface area contributed by atoms with Gasteiger partial charge in [-0.3, -0.25) is 0 Å². The molecule has 0 atom stereocenters. The van der Waals surface area contributed by atoms with E-state index in [0.717, 1.165) is 29.6 Å². The minimum atomic E-state index is 0.177. The summed E-state index contributed by atoms with van der Waals surface area (Å²) < 4.78 is 5.72. The third-order valence-corrected chi connectivity index (χ3v) is 3.48. The Balaban J connectivity index is 2.07. The van der Waals surface area contributed by atoms with Gasteiger partial charge in [-0.1, -0.05) is 6.42 Å². The third kappa shape index (κ3) is 3.31. The van der Waals surface area contributed by atoms with Crippen LogP contribution in [0.3, 0.4) is 0 Å². The average Bonchev–Trinajstić information content (AvgIpc) is 2.21. The molecule has 1 fully saturated rings. The Morgan fingerprint density at radius 3 is 2.61 bits per heavy atom. The van der Waals surface area contributed by atoms with Crippen molar-refractivity contribution >= 4 is 11.4 Å². The van der Waals surface area contributed by atoms with Gasteiger partial charge in [0.15, 0.2) is 0 Å². The van der Waals surface area contributed by atoms with Crippen molar-refractivity contribution in [1.82, 2.24) is 0 Å². The Hall–Kier alpha value is -1.38. The van der Waals surface area contributed by atoms with Crippen LogP contribution in [0.5, 0.6) is 5.75 Å². The lowest BCUT2D eigenvalue weighted by molar-refractivity contribution is 0.242. The number of hydrogen-bond donors (Lipinski definition) is 1. The largest absolute Gasteiger partial charge is 0.491 e. The van der Waals surface area contributed by atoms with Crippen LogP contribution in [0.15, 0.2) is 18.2 Å². The predicted octanol–water partition coefficient (Wildman–Crippen LogP) is 3.29. The number of rotatable bonds is 5. The molecule has 0 bridgehead atoms. The maximum atomic E-state index is 5.94. The van der Waals surface area contributed by atoms with Gasteiger partial charge in [0, 0.05) is 37.1 Å². The Kier molecular flexibility index (Phi) is 4.00. The van der Waals surface area contributed by atoms with Crippen LogP contribution in [-0.4, -0.2) is 19.7 Å². The van der Waals surface area contributed by atoms with Crippen molar-refractivity contribution in [3.63, 3.8) is 0 Å². The smallest absolute Gasteiger partial charge is 0.123 e. The maximum Gasteiger partial charge on any atom is 0.123 e. The Bertz CT molecular complexity index is 399. The van der Waals surface area contributed by atoms with Crippen LogP contribution in [-0.2, 0) is 0 Å². The summed E-state index contributed by atoms with van der Waals surface area (Å²) >= 11 is 0. The van der Waals surface area contributed by atoms with Crippen LogP contribution < -0.4 is 15.4 Å². The molecule has 0 amide bonds. The molecular formula is C15H24N2O. The van der Waals surface area contributed by atoms with Gasteiger partial charge in [0.2, 0.25) is 0 Å². The highest BCUT2D eigenvalue weighted by atomic mass is 16.5. The molecule has 1 aliphatic rings. The second-order valence-electron chi connectivity index (χ2n) is 5.60. The van der Waals surface area contributed by atoms with Crippen molar-refractivity contribution in [2.24, 2.45) is 5.92 Å². The Labute approximate surface area is 110 Å². The number of nitrogens with two attached hydrogens (primary N) is 1. The Morgan fingerprint density at radius 2 is 2.06 bits per heavy atom. The summed E-state index contributed by atoms with van der Waals surface area (Å²) in [5, 5.41) is 0. The quantitative estimate of drug-likeness (QED) is 0.813. The number of hydrogen-bond acceptors (Lipinski definition) is 3. The summed E-state index contributed by atoms with van der Waals surface area (Å²) in [4.78, 5) is 2.29. The molecule has 1 aromatic rings. The molecule has 1 aromatic carbocycles. The number of nitrogen functional groups attached to an aromatic ring is 1. The highest BCUT2D eigenvalue weighted by Gasteiger charge is 2.19. The number of benzene rings is 1. The zero-order chi connectivity index (χ0) is 13.1. The molecule has 0 aromatic heterocycles. The summed E-state index contributed by atoms with van der Waals surface area (Å²) in [6, 6.07) is 5.99. The van der Waals surface area contributed by atoms with Gasteiger partial charge >= 0.3 is 0 Å². The first kappa shape index (κ1) is 13.1. The fraction of sp³-hybridized carbons (Fsp3) is 0.600. The molecule has 3 heteroatoms. The topological polar surface area (TPSA) is 38.5 Å². The number of ether oxygens (including phenoxy) is 1. The summed E-state index contributed by atoms with van der Waals surface area (Å²) in [6.45, 7) is 5.17. The standard InChI is InChI=1S/C15H24N2O/c1-11(2)18-15-8-13(16)7-14(9-15)17(3)10-12-5-4-6-12/h7-9,11-12H,4-6,10,16H2,1-3H3. The SMILES string of the molecule is CC(C)Oc1cc(N)cc(N(C)CC2CCC2)c1. The zero-order valence-corrected chi connectivity index (χ0v) is 11.6. The van der Waals surface area contributed by atoms with Crippen molar-refractivity contribution in [2.45, 2.75) is 39.2 Å². The molecular weight excluding hydrogens is 224 g/mol. The van der Waals surface area contributed by atoms with Gasteiger partial charge < -0.3 is 15.4 Å². The van der Waals surface area contributed by atoms with E-state index < -0.39 is 0 Å². The maximum absolute atomic E-state index is 5.94. The van der Waals surface area contributed by atoms with Gasteiger partial charge in [-0.05, 0) is 38.7 Å². The van der Waals surface area contributed by atoms with E-state index in [9.17, 15) is 0 Å². The van der Waals surface area contributed by atoms with Crippen LogP contribution in [0.4, 0.5) is 11.4 Å². The van der Waals surface area contributed by atoms with E-state index in [1.54, 1.807) is 0 Å². The minimum Gasteiger partial charge on any atom is -0.491 e. The van der Waals surface area contributed by atoms with Crippen LogP contribution in [0.1, 0.15) is 33.1 Å². The lowest BCUT2D eigenvalue weighted by Gasteiger charge is -2.31. The summed E-state index contributed by atoms with van der Waals surface area (Å²) in [7, 11) is 2.13. The zero-order valence-electron chi connectivity index (χ0n) is 11.6. The van der Waals surface area contributed by atoms with Gasteiger partial charge in [0.25, 0.3) is 0 Å². The second kappa shape index (κ2) is 5.51. The highest BCUT2D eigenvalue weighted by molar-refractivity contribution is 5.60. The number of nitrogens with zero attached hydrogens (tertiary/aromatic N) is 1. The molecule has 1 saturated carbocycles. The van der Waals surface area contributed by atoms with Gasteiger partial charge in [-0.15, -0.1) is 0 Å². The molecule has 3 nitrogen and oxygen atoms in total. The first-order valence-corrected chi connectivity index (χ1v) is 6.83. The lowest BCUT2D eigenvalue weighted by atomic mass is 9.85. The third-order valence-electron chi connectivity index (χ3n) is 3.48. The van der Waals surface area contributed by atoms with Gasteiger partial charge in [0.1, 0.15) is 5.75 Å². The van der Waals surface area contributed by atoms with Crippen molar-refractivity contribution in [3.8, 4) is 5.75 Å². The summed E-state index contributed by atoms with van der Waals surface area (Å²) in [5.41, 5.74) is 7.86. The van der Waals surface area contributed by atoms with Crippen molar-refractivity contribution in [1.29, 1.82) is 0 Å². The van der Waals surface area contributed by atoms with Gasteiger partial charge in [-0.2, -0.15) is 0 Å². The molecule has 18 heavy (non-hydrogen) atoms. The highest BCUT2D eigenvalue weighted by Crippen LogP contribution is 2.30. The van der Waals surface area contributed by atoms with Crippen molar-refractivity contribution in [3.05, 3.63) is 18.2 Å². The van der Waals surface area contributed by atoms with E-state index in [2.05, 4.69) is 18.0 Å². The molecule has 0 aliphatic heterocycles. The van der Waals surface area contributed by atoms with Crippen LogP contribution in [0.25, 0.3) is 0 Å². The van der Waals surface area contributed by atoms with Crippen LogP contribution >= 0.6 is 0 Å². The van der Waals surface area contributed by atoms with E-state index >= 15 is 0 Å².